The summed E-state index contributed by atoms with van der Waals surface area (Å²) in [5.41, 5.74) is 1.06. The molecule has 0 aliphatic carbocycles. The van der Waals surface area contributed by atoms with Gasteiger partial charge in [-0.2, -0.15) is 0 Å². The van der Waals surface area contributed by atoms with E-state index in [2.05, 4.69) is 81.4 Å². The van der Waals surface area contributed by atoms with Gasteiger partial charge in [0.2, 0.25) is 0 Å². The fraction of sp³-hybridized carbons (Fsp3) is 0.455. The van der Waals surface area contributed by atoms with Gasteiger partial charge in [0, 0.05) is 19.4 Å². The molecule has 0 saturated carbocycles. The van der Waals surface area contributed by atoms with Crippen LogP contribution >= 0.6 is 0 Å². The van der Waals surface area contributed by atoms with Crippen molar-refractivity contribution >= 4 is 18.7 Å². The lowest BCUT2D eigenvalue weighted by Crippen LogP contribution is -2.67. The van der Waals surface area contributed by atoms with Gasteiger partial charge in [0.25, 0.3) is 8.32 Å². The van der Waals surface area contributed by atoms with Gasteiger partial charge in [-0.15, -0.1) is 0 Å². The van der Waals surface area contributed by atoms with Gasteiger partial charge in [-0.05, 0) is 52.4 Å². The predicted octanol–water partition coefficient (Wildman–Crippen LogP) is 5.83. The summed E-state index contributed by atoms with van der Waals surface area (Å²) in [5.74, 6) is 0.0867. The molecule has 0 unspecified atom stereocenters. The zero-order valence-electron chi connectivity index (χ0n) is 23.9. The highest BCUT2D eigenvalue weighted by Crippen LogP contribution is 2.39. The lowest BCUT2D eigenvalue weighted by atomic mass is 9.97. The van der Waals surface area contributed by atoms with Gasteiger partial charge < -0.3 is 23.7 Å². The normalized spacial score (nSPS) is 20.1. The summed E-state index contributed by atoms with van der Waals surface area (Å²) in [7, 11) is -0.991. The number of hydrogen-bond donors (Lipinski definition) is 1. The number of aliphatic hydroxyl groups is 1. The Bertz CT molecular complexity index is 1090. The maximum absolute atomic E-state index is 9.63. The monoisotopic (exact) mass is 548 g/mol. The van der Waals surface area contributed by atoms with Crippen LogP contribution in [0.25, 0.3) is 0 Å². The molecule has 3 aromatic carbocycles. The first kappa shape index (κ1) is 29.5. The van der Waals surface area contributed by atoms with E-state index < -0.39 is 14.1 Å². The summed E-state index contributed by atoms with van der Waals surface area (Å²) in [5, 5.41) is 12.1. The van der Waals surface area contributed by atoms with Crippen molar-refractivity contribution in [2.24, 2.45) is 0 Å². The maximum atomic E-state index is 9.63. The van der Waals surface area contributed by atoms with Crippen molar-refractivity contribution in [2.75, 3.05) is 20.3 Å². The van der Waals surface area contributed by atoms with Crippen LogP contribution in [-0.2, 0) is 20.5 Å². The fourth-order valence-electron chi connectivity index (χ4n) is 5.76. The molecule has 3 aromatic rings. The molecule has 1 saturated heterocycles. The van der Waals surface area contributed by atoms with E-state index >= 15 is 0 Å². The second kappa shape index (κ2) is 13.2. The topological polar surface area (TPSA) is 57.2 Å². The van der Waals surface area contributed by atoms with Gasteiger partial charge in [-0.1, -0.05) is 93.6 Å². The highest BCUT2D eigenvalue weighted by atomic mass is 28.4. The zero-order chi connectivity index (χ0) is 27.8. The van der Waals surface area contributed by atoms with Crippen LogP contribution in [0, 0.1) is 0 Å². The Labute approximate surface area is 235 Å². The van der Waals surface area contributed by atoms with E-state index in [9.17, 15) is 5.11 Å². The molecule has 39 heavy (non-hydrogen) atoms. The van der Waals surface area contributed by atoms with Crippen molar-refractivity contribution < 1.29 is 23.7 Å². The van der Waals surface area contributed by atoms with E-state index in [0.29, 0.717) is 26.1 Å². The number of methoxy groups -OCH3 is 1. The molecule has 4 rings (SSSR count). The molecule has 0 aromatic heterocycles. The van der Waals surface area contributed by atoms with Crippen LogP contribution < -0.4 is 15.1 Å². The Morgan fingerprint density at radius 1 is 0.923 bits per heavy atom. The lowest BCUT2D eigenvalue weighted by molar-refractivity contribution is -0.292. The molecule has 0 amide bonds. The van der Waals surface area contributed by atoms with E-state index in [4.69, 9.17) is 18.6 Å². The Balaban J connectivity index is 1.56. The number of hydrogen-bond acceptors (Lipinski definition) is 5. The number of rotatable bonds is 12. The number of benzene rings is 3. The van der Waals surface area contributed by atoms with Crippen molar-refractivity contribution in [3.63, 3.8) is 0 Å². The predicted molar refractivity (Wildman–Crippen MR) is 159 cm³/mol. The Morgan fingerprint density at radius 3 is 2.08 bits per heavy atom. The van der Waals surface area contributed by atoms with Crippen LogP contribution in [0.2, 0.25) is 5.04 Å². The first-order chi connectivity index (χ1) is 18.8. The summed E-state index contributed by atoms with van der Waals surface area (Å²) in [6.07, 6.45) is 3.90. The van der Waals surface area contributed by atoms with E-state index in [0.717, 1.165) is 30.6 Å². The molecule has 1 N–H and O–H groups in total. The quantitative estimate of drug-likeness (QED) is 0.289. The molecular weight excluding hydrogens is 504 g/mol. The minimum atomic E-state index is -2.66. The fourth-order valence-corrected chi connectivity index (χ4v) is 10.4. The smallest absolute Gasteiger partial charge is 0.261 e. The summed E-state index contributed by atoms with van der Waals surface area (Å²) in [6, 6.07) is 29.4. The standard InChI is InChI=1S/C33H44O5Si/c1-32(2,3)39(30-14-7-5-8-15-30,31-16-9-6-10-17-31)37-26-29-13-11-22-33(38-29,23-12-24-34)36-25-27-18-20-28(35-4)21-19-27/h5-10,14-21,29,34H,11-13,22-26H2,1-4H3/t29-,33+/m0/s1. The molecule has 2 atom stereocenters. The molecule has 1 heterocycles. The van der Waals surface area contributed by atoms with Gasteiger partial charge in [-0.3, -0.25) is 0 Å². The first-order valence-electron chi connectivity index (χ1n) is 14.1. The Morgan fingerprint density at radius 2 is 1.54 bits per heavy atom. The van der Waals surface area contributed by atoms with Crippen LogP contribution in [0.15, 0.2) is 84.9 Å². The maximum Gasteiger partial charge on any atom is 0.261 e. The molecule has 210 valence electrons. The number of ether oxygens (including phenoxy) is 3. The third-order valence-corrected chi connectivity index (χ3v) is 12.7. The van der Waals surface area contributed by atoms with Gasteiger partial charge in [0.15, 0.2) is 5.79 Å². The SMILES string of the molecule is COc1ccc(CO[C@]2(CCCO)CCC[C@@H](CO[Si](c3ccccc3)(c3ccccc3)C(C)(C)C)O2)cc1. The van der Waals surface area contributed by atoms with Crippen LogP contribution in [0.3, 0.4) is 0 Å². The molecule has 0 bridgehead atoms. The van der Waals surface area contributed by atoms with Gasteiger partial charge in [0.1, 0.15) is 5.75 Å². The molecule has 6 heteroatoms. The van der Waals surface area contributed by atoms with E-state index in [1.807, 2.05) is 24.3 Å². The molecule has 0 radical (unpaired) electrons. The van der Waals surface area contributed by atoms with Crippen molar-refractivity contribution in [3.05, 3.63) is 90.5 Å². The zero-order valence-corrected chi connectivity index (χ0v) is 24.9. The third kappa shape index (κ3) is 7.00. The van der Waals surface area contributed by atoms with Crippen LogP contribution in [0.4, 0.5) is 0 Å². The Kier molecular flexibility index (Phi) is 10.0. The highest BCUT2D eigenvalue weighted by molar-refractivity contribution is 6.99. The van der Waals surface area contributed by atoms with Crippen molar-refractivity contribution in [1.29, 1.82) is 0 Å². The van der Waals surface area contributed by atoms with E-state index in [-0.39, 0.29) is 17.7 Å². The average Bonchev–Trinajstić information content (AvgIpc) is 2.96. The van der Waals surface area contributed by atoms with Crippen molar-refractivity contribution in [1.82, 2.24) is 0 Å². The summed E-state index contributed by atoms with van der Waals surface area (Å²) in [6.45, 7) is 7.94. The largest absolute Gasteiger partial charge is 0.497 e. The van der Waals surface area contributed by atoms with E-state index in [1.165, 1.54) is 10.4 Å². The van der Waals surface area contributed by atoms with Gasteiger partial charge >= 0.3 is 0 Å². The molecule has 5 nitrogen and oxygen atoms in total. The molecule has 1 fully saturated rings. The minimum absolute atomic E-state index is 0.0880. The van der Waals surface area contributed by atoms with E-state index in [1.54, 1.807) is 7.11 Å². The second-order valence-corrected chi connectivity index (χ2v) is 15.8. The average molecular weight is 549 g/mol. The molecule has 1 aliphatic rings. The Hall–Kier alpha value is -2.48. The lowest BCUT2D eigenvalue weighted by Gasteiger charge is -2.45. The molecular formula is C33H44O5Si. The van der Waals surface area contributed by atoms with Crippen molar-refractivity contribution in [3.8, 4) is 5.75 Å². The summed E-state index contributed by atoms with van der Waals surface area (Å²) >= 11 is 0. The van der Waals surface area contributed by atoms with Crippen LogP contribution in [0.5, 0.6) is 5.75 Å². The second-order valence-electron chi connectivity index (χ2n) is 11.5. The van der Waals surface area contributed by atoms with Crippen LogP contribution in [0.1, 0.15) is 58.4 Å². The van der Waals surface area contributed by atoms with Gasteiger partial charge in [-0.25, -0.2) is 0 Å². The number of aliphatic hydroxyl groups excluding tert-OH is 1. The molecule has 1 aliphatic heterocycles. The summed E-state index contributed by atoms with van der Waals surface area (Å²) < 4.78 is 25.8. The van der Waals surface area contributed by atoms with Gasteiger partial charge in [0.05, 0.1) is 26.4 Å². The van der Waals surface area contributed by atoms with Crippen LogP contribution in [-0.4, -0.2) is 45.6 Å². The third-order valence-electron chi connectivity index (χ3n) is 7.74. The summed E-state index contributed by atoms with van der Waals surface area (Å²) in [4.78, 5) is 0. The first-order valence-corrected chi connectivity index (χ1v) is 16.0. The minimum Gasteiger partial charge on any atom is -0.497 e. The van der Waals surface area contributed by atoms with Crippen molar-refractivity contribution in [2.45, 2.75) is 76.4 Å². The highest BCUT2D eigenvalue weighted by Gasteiger charge is 2.51. The molecule has 0 spiro atoms.